The SMILES string of the molecule is CC(C)N(C(=O)OC(C)(C)C)c1ccccc1Br. The Kier molecular flexibility index (Phi) is 4.79. The van der Waals surface area contributed by atoms with E-state index in [1.807, 2.05) is 58.9 Å². The molecular formula is C14H20BrNO2. The van der Waals surface area contributed by atoms with Crippen LogP contribution in [0.5, 0.6) is 0 Å². The van der Waals surface area contributed by atoms with E-state index in [-0.39, 0.29) is 12.1 Å². The third kappa shape index (κ3) is 4.02. The van der Waals surface area contributed by atoms with E-state index >= 15 is 0 Å². The van der Waals surface area contributed by atoms with Gasteiger partial charge in [-0.3, -0.25) is 4.90 Å². The molecule has 100 valence electrons. The molecule has 0 bridgehead atoms. The van der Waals surface area contributed by atoms with Crippen LogP contribution in [0.2, 0.25) is 0 Å². The molecule has 1 rings (SSSR count). The topological polar surface area (TPSA) is 29.5 Å². The monoisotopic (exact) mass is 313 g/mol. The molecule has 0 aromatic heterocycles. The summed E-state index contributed by atoms with van der Waals surface area (Å²) in [6.07, 6.45) is -0.329. The van der Waals surface area contributed by atoms with Crippen molar-refractivity contribution in [2.45, 2.75) is 46.3 Å². The molecule has 0 aliphatic carbocycles. The lowest BCUT2D eigenvalue weighted by atomic mass is 10.2. The van der Waals surface area contributed by atoms with Gasteiger partial charge >= 0.3 is 6.09 Å². The van der Waals surface area contributed by atoms with Crippen LogP contribution >= 0.6 is 15.9 Å². The second kappa shape index (κ2) is 5.74. The van der Waals surface area contributed by atoms with Crippen molar-refractivity contribution in [1.29, 1.82) is 0 Å². The smallest absolute Gasteiger partial charge is 0.415 e. The van der Waals surface area contributed by atoms with Crippen LogP contribution in [0.1, 0.15) is 34.6 Å². The van der Waals surface area contributed by atoms with Crippen LogP contribution in [0, 0.1) is 0 Å². The third-order valence-corrected chi connectivity index (χ3v) is 2.89. The summed E-state index contributed by atoms with van der Waals surface area (Å²) < 4.78 is 6.32. The number of anilines is 1. The van der Waals surface area contributed by atoms with Crippen molar-refractivity contribution in [2.24, 2.45) is 0 Å². The molecule has 0 saturated carbocycles. The Bertz CT molecular complexity index is 424. The first kappa shape index (κ1) is 15.0. The summed E-state index contributed by atoms with van der Waals surface area (Å²) in [5, 5.41) is 0. The minimum Gasteiger partial charge on any atom is -0.443 e. The van der Waals surface area contributed by atoms with Crippen molar-refractivity contribution >= 4 is 27.7 Å². The summed E-state index contributed by atoms with van der Waals surface area (Å²) in [7, 11) is 0. The van der Waals surface area contributed by atoms with Crippen molar-refractivity contribution in [2.75, 3.05) is 4.90 Å². The summed E-state index contributed by atoms with van der Waals surface area (Å²) in [4.78, 5) is 13.9. The summed E-state index contributed by atoms with van der Waals surface area (Å²) in [6.45, 7) is 9.52. The lowest BCUT2D eigenvalue weighted by Gasteiger charge is -2.30. The van der Waals surface area contributed by atoms with Gasteiger partial charge in [-0.15, -0.1) is 0 Å². The molecular weight excluding hydrogens is 294 g/mol. The van der Waals surface area contributed by atoms with E-state index < -0.39 is 5.60 Å². The van der Waals surface area contributed by atoms with Crippen LogP contribution in [0.3, 0.4) is 0 Å². The van der Waals surface area contributed by atoms with Crippen LogP contribution in [0.25, 0.3) is 0 Å². The molecule has 0 fully saturated rings. The zero-order chi connectivity index (χ0) is 13.9. The molecule has 0 unspecified atom stereocenters. The van der Waals surface area contributed by atoms with Crippen molar-refractivity contribution in [1.82, 2.24) is 0 Å². The van der Waals surface area contributed by atoms with Crippen molar-refractivity contribution < 1.29 is 9.53 Å². The van der Waals surface area contributed by atoms with Gasteiger partial charge < -0.3 is 4.74 Å². The predicted molar refractivity (Wildman–Crippen MR) is 78.0 cm³/mol. The molecule has 0 aliphatic heterocycles. The molecule has 0 atom stereocenters. The first-order chi connectivity index (χ1) is 8.22. The van der Waals surface area contributed by atoms with Crippen LogP contribution in [-0.4, -0.2) is 17.7 Å². The van der Waals surface area contributed by atoms with Crippen LogP contribution in [0.15, 0.2) is 28.7 Å². The average Bonchev–Trinajstić information content (AvgIpc) is 2.17. The fourth-order valence-corrected chi connectivity index (χ4v) is 2.02. The molecule has 1 aromatic carbocycles. The highest BCUT2D eigenvalue weighted by molar-refractivity contribution is 9.10. The number of halogens is 1. The van der Waals surface area contributed by atoms with Gasteiger partial charge in [0.05, 0.1) is 5.69 Å². The normalized spacial score (nSPS) is 11.5. The molecule has 1 amide bonds. The lowest BCUT2D eigenvalue weighted by Crippen LogP contribution is -2.41. The third-order valence-electron chi connectivity index (χ3n) is 2.22. The van der Waals surface area contributed by atoms with Gasteiger partial charge in [0.15, 0.2) is 0 Å². The van der Waals surface area contributed by atoms with E-state index in [0.717, 1.165) is 10.2 Å². The Hall–Kier alpha value is -1.03. The average molecular weight is 314 g/mol. The molecule has 0 saturated heterocycles. The summed E-state index contributed by atoms with van der Waals surface area (Å²) in [5.74, 6) is 0. The van der Waals surface area contributed by atoms with E-state index in [1.54, 1.807) is 4.90 Å². The van der Waals surface area contributed by atoms with Crippen molar-refractivity contribution in [3.05, 3.63) is 28.7 Å². The Morgan fingerprint density at radius 1 is 1.28 bits per heavy atom. The van der Waals surface area contributed by atoms with Gasteiger partial charge in [0, 0.05) is 10.5 Å². The molecule has 4 heteroatoms. The molecule has 18 heavy (non-hydrogen) atoms. The van der Waals surface area contributed by atoms with E-state index in [4.69, 9.17) is 4.74 Å². The van der Waals surface area contributed by atoms with Gasteiger partial charge in [-0.1, -0.05) is 12.1 Å². The first-order valence-corrected chi connectivity index (χ1v) is 6.78. The maximum atomic E-state index is 12.2. The van der Waals surface area contributed by atoms with E-state index in [9.17, 15) is 4.79 Å². The number of carbonyl (C=O) groups excluding carboxylic acids is 1. The number of rotatable bonds is 2. The molecule has 0 radical (unpaired) electrons. The highest BCUT2D eigenvalue weighted by Crippen LogP contribution is 2.28. The van der Waals surface area contributed by atoms with Crippen LogP contribution in [-0.2, 0) is 4.74 Å². The number of hydrogen-bond acceptors (Lipinski definition) is 2. The predicted octanol–water partition coefficient (Wildman–Crippen LogP) is 4.60. The Balaban J connectivity index is 3.05. The fraction of sp³-hybridized carbons (Fsp3) is 0.500. The minimum atomic E-state index is -0.495. The maximum Gasteiger partial charge on any atom is 0.415 e. The molecule has 3 nitrogen and oxygen atoms in total. The van der Waals surface area contributed by atoms with E-state index in [0.29, 0.717) is 0 Å². The fourth-order valence-electron chi connectivity index (χ4n) is 1.55. The van der Waals surface area contributed by atoms with Crippen LogP contribution < -0.4 is 4.90 Å². The summed E-state index contributed by atoms with van der Waals surface area (Å²) in [5.41, 5.74) is 0.327. The number of benzene rings is 1. The summed E-state index contributed by atoms with van der Waals surface area (Å²) in [6, 6.07) is 7.66. The highest BCUT2D eigenvalue weighted by Gasteiger charge is 2.26. The molecule has 0 spiro atoms. The lowest BCUT2D eigenvalue weighted by molar-refractivity contribution is 0.0570. The minimum absolute atomic E-state index is 0.0264. The second-order valence-electron chi connectivity index (χ2n) is 5.40. The molecule has 1 aromatic rings. The second-order valence-corrected chi connectivity index (χ2v) is 6.25. The Morgan fingerprint density at radius 2 is 1.83 bits per heavy atom. The van der Waals surface area contributed by atoms with E-state index in [1.165, 1.54) is 0 Å². The van der Waals surface area contributed by atoms with Gasteiger partial charge in [-0.05, 0) is 62.7 Å². The van der Waals surface area contributed by atoms with Gasteiger partial charge in [-0.25, -0.2) is 4.79 Å². The number of carbonyl (C=O) groups is 1. The number of ether oxygens (including phenoxy) is 1. The van der Waals surface area contributed by atoms with Crippen molar-refractivity contribution in [3.8, 4) is 0 Å². The first-order valence-electron chi connectivity index (χ1n) is 5.99. The van der Waals surface area contributed by atoms with Gasteiger partial charge in [0.2, 0.25) is 0 Å². The highest BCUT2D eigenvalue weighted by atomic mass is 79.9. The van der Waals surface area contributed by atoms with Gasteiger partial charge in [0.1, 0.15) is 5.60 Å². The maximum absolute atomic E-state index is 12.2. The number of nitrogens with zero attached hydrogens (tertiary/aromatic N) is 1. The zero-order valence-electron chi connectivity index (χ0n) is 11.5. The molecule has 0 aliphatic rings. The van der Waals surface area contributed by atoms with E-state index in [2.05, 4.69) is 15.9 Å². The Morgan fingerprint density at radius 3 is 2.28 bits per heavy atom. The van der Waals surface area contributed by atoms with Gasteiger partial charge in [0.25, 0.3) is 0 Å². The quantitative estimate of drug-likeness (QED) is 0.798. The summed E-state index contributed by atoms with van der Waals surface area (Å²) >= 11 is 3.46. The Labute approximate surface area is 117 Å². The molecule has 0 N–H and O–H groups in total. The van der Waals surface area contributed by atoms with Crippen LogP contribution in [0.4, 0.5) is 10.5 Å². The number of hydrogen-bond donors (Lipinski definition) is 0. The zero-order valence-corrected chi connectivity index (χ0v) is 13.1. The number of amides is 1. The van der Waals surface area contributed by atoms with Gasteiger partial charge in [-0.2, -0.15) is 0 Å². The largest absolute Gasteiger partial charge is 0.443 e. The molecule has 0 heterocycles. The van der Waals surface area contributed by atoms with Crippen molar-refractivity contribution in [3.63, 3.8) is 0 Å². The number of para-hydroxylation sites is 1. The standard InChI is InChI=1S/C14H20BrNO2/c1-10(2)16(13(17)18-14(3,4)5)12-9-7-6-8-11(12)15/h6-10H,1-5H3.